The minimum Gasteiger partial charge on any atom is -0.416 e. The van der Waals surface area contributed by atoms with Crippen LogP contribution in [0.4, 0.5) is 0 Å². The summed E-state index contributed by atoms with van der Waals surface area (Å²) < 4.78 is 7.42. The van der Waals surface area contributed by atoms with Crippen molar-refractivity contribution in [1.29, 1.82) is 0 Å². The van der Waals surface area contributed by atoms with Crippen molar-refractivity contribution >= 4 is 11.8 Å². The predicted molar refractivity (Wildman–Crippen MR) is 142 cm³/mol. The summed E-state index contributed by atoms with van der Waals surface area (Å²) in [6.07, 6.45) is 8.08. The molecule has 4 heterocycles. The summed E-state index contributed by atoms with van der Waals surface area (Å²) in [5, 5.41) is 21.2. The summed E-state index contributed by atoms with van der Waals surface area (Å²) in [4.78, 5) is 1.37. The number of piperidine rings is 3. The van der Waals surface area contributed by atoms with E-state index in [9.17, 15) is 5.11 Å². The number of rotatable bonds is 8. The maximum atomic E-state index is 12.1. The Hall–Kier alpha value is -2.15. The third-order valence-corrected chi connectivity index (χ3v) is 10.3. The first-order valence-corrected chi connectivity index (χ1v) is 14.8. The minimum absolute atomic E-state index is 0.110. The van der Waals surface area contributed by atoms with Crippen LogP contribution < -0.4 is 0 Å². The van der Waals surface area contributed by atoms with Crippen LogP contribution in [0.3, 0.4) is 0 Å². The maximum Gasteiger partial charge on any atom is 0.271 e. The summed E-state index contributed by atoms with van der Waals surface area (Å²) in [5.41, 5.74) is -0.340. The molecule has 2 aromatic carbocycles. The van der Waals surface area contributed by atoms with Gasteiger partial charge in [-0.25, -0.2) is 0 Å². The molecule has 3 aromatic rings. The molecular formula is C30H38N3O2S+. The molecule has 190 valence electrons. The maximum absolute atomic E-state index is 12.1. The lowest BCUT2D eigenvalue weighted by molar-refractivity contribution is -0.959. The minimum atomic E-state index is -1.21. The van der Waals surface area contributed by atoms with Gasteiger partial charge < -0.3 is 14.0 Å². The lowest BCUT2D eigenvalue weighted by Gasteiger charge is -2.52. The van der Waals surface area contributed by atoms with E-state index in [0.29, 0.717) is 11.8 Å². The molecule has 1 N–H and O–H groups in total. The number of benzene rings is 2. The van der Waals surface area contributed by atoms with Crippen LogP contribution in [0.1, 0.15) is 62.3 Å². The number of thioether (sulfide) groups is 1. The zero-order chi connectivity index (χ0) is 24.4. The number of quaternary nitrogens is 1. The van der Waals surface area contributed by atoms with Crippen molar-refractivity contribution in [2.45, 2.75) is 62.0 Å². The first-order valence-electron chi connectivity index (χ1n) is 13.8. The Balaban J connectivity index is 1.20. The topological polar surface area (TPSA) is 59.2 Å². The van der Waals surface area contributed by atoms with Gasteiger partial charge in [0.05, 0.1) is 19.6 Å². The Morgan fingerprint density at radius 1 is 0.889 bits per heavy atom. The lowest BCUT2D eigenvalue weighted by Crippen LogP contribution is -2.61. The third-order valence-electron chi connectivity index (χ3n) is 9.12. The molecule has 1 saturated carbocycles. The van der Waals surface area contributed by atoms with Gasteiger partial charge in [-0.15, -0.1) is 22.0 Å². The molecule has 1 aromatic heterocycles. The van der Waals surface area contributed by atoms with Crippen LogP contribution in [0.15, 0.2) is 70.0 Å². The molecular weight excluding hydrogens is 466 g/mol. The number of aliphatic hydroxyl groups is 1. The normalized spacial score (nSPS) is 28.1. The van der Waals surface area contributed by atoms with Crippen LogP contribution in [0.25, 0.3) is 0 Å². The molecule has 2 atom stereocenters. The summed E-state index contributed by atoms with van der Waals surface area (Å²) in [6, 6.07) is 20.8. The summed E-state index contributed by atoms with van der Waals surface area (Å²) >= 11 is 2.00. The Morgan fingerprint density at radius 2 is 1.58 bits per heavy atom. The Bertz CT molecular complexity index is 1120. The van der Waals surface area contributed by atoms with Crippen LogP contribution in [-0.2, 0) is 12.1 Å². The van der Waals surface area contributed by atoms with Gasteiger partial charge in [0.2, 0.25) is 0 Å². The Morgan fingerprint density at radius 3 is 2.31 bits per heavy atom. The largest absolute Gasteiger partial charge is 0.416 e. The molecule has 0 amide bonds. The number of hydrogen-bond donors (Lipinski definition) is 1. The molecule has 5 nitrogen and oxygen atoms in total. The highest BCUT2D eigenvalue weighted by Crippen LogP contribution is 2.44. The number of aromatic nitrogens is 2. The van der Waals surface area contributed by atoms with E-state index < -0.39 is 5.60 Å². The van der Waals surface area contributed by atoms with Gasteiger partial charge in [0.1, 0.15) is 0 Å². The number of fused-ring (bicyclic) bond motifs is 3. The second-order valence-electron chi connectivity index (χ2n) is 11.3. The van der Waals surface area contributed by atoms with E-state index in [1.54, 1.807) is 0 Å². The SMILES string of the molecule is O[C@](c1ccccc1)(c1nnc(C[N+]23CCC(CC2)[C@H](CSc2ccccc2)C3)o1)C1CCCCC1. The van der Waals surface area contributed by atoms with Gasteiger partial charge >= 0.3 is 0 Å². The van der Waals surface area contributed by atoms with Gasteiger partial charge in [0, 0.05) is 35.3 Å². The van der Waals surface area contributed by atoms with Gasteiger partial charge in [-0.3, -0.25) is 0 Å². The van der Waals surface area contributed by atoms with E-state index in [-0.39, 0.29) is 5.92 Å². The Labute approximate surface area is 218 Å². The van der Waals surface area contributed by atoms with Crippen molar-refractivity contribution in [3.05, 3.63) is 78.0 Å². The van der Waals surface area contributed by atoms with Gasteiger partial charge in [0.25, 0.3) is 11.8 Å². The third kappa shape index (κ3) is 4.75. The fourth-order valence-corrected chi connectivity index (χ4v) is 8.21. The first-order chi connectivity index (χ1) is 17.6. The highest BCUT2D eigenvalue weighted by molar-refractivity contribution is 7.99. The number of hydrogen-bond acceptors (Lipinski definition) is 5. The second kappa shape index (κ2) is 10.3. The molecule has 6 heteroatoms. The van der Waals surface area contributed by atoms with Crippen LogP contribution in [0, 0.1) is 17.8 Å². The summed E-state index contributed by atoms with van der Waals surface area (Å²) in [6.45, 7) is 4.36. The van der Waals surface area contributed by atoms with Gasteiger partial charge in [0.15, 0.2) is 12.1 Å². The van der Waals surface area contributed by atoms with E-state index in [0.717, 1.165) is 54.1 Å². The van der Waals surface area contributed by atoms with Crippen molar-refractivity contribution in [2.24, 2.45) is 17.8 Å². The first kappa shape index (κ1) is 24.2. The summed E-state index contributed by atoms with van der Waals surface area (Å²) in [7, 11) is 0. The van der Waals surface area contributed by atoms with E-state index >= 15 is 0 Å². The van der Waals surface area contributed by atoms with Crippen LogP contribution in [0.5, 0.6) is 0 Å². The number of nitrogens with zero attached hydrogens (tertiary/aromatic N) is 3. The van der Waals surface area contributed by atoms with Crippen LogP contribution in [-0.4, -0.2) is 45.2 Å². The molecule has 0 unspecified atom stereocenters. The van der Waals surface area contributed by atoms with Crippen molar-refractivity contribution in [3.8, 4) is 0 Å². The molecule has 3 saturated heterocycles. The van der Waals surface area contributed by atoms with Gasteiger partial charge in [-0.05, 0) is 36.5 Å². The van der Waals surface area contributed by atoms with E-state index in [1.807, 2.05) is 42.1 Å². The van der Waals surface area contributed by atoms with E-state index in [1.165, 1.54) is 49.5 Å². The monoisotopic (exact) mass is 504 g/mol. The smallest absolute Gasteiger partial charge is 0.271 e. The fourth-order valence-electron chi connectivity index (χ4n) is 7.07. The van der Waals surface area contributed by atoms with Crippen molar-refractivity contribution in [3.63, 3.8) is 0 Å². The molecule has 36 heavy (non-hydrogen) atoms. The average Bonchev–Trinajstić information content (AvgIpc) is 3.42. The zero-order valence-electron chi connectivity index (χ0n) is 21.1. The second-order valence-corrected chi connectivity index (χ2v) is 12.4. The average molecular weight is 505 g/mol. The molecule has 2 bridgehead atoms. The fraction of sp³-hybridized carbons (Fsp3) is 0.533. The molecule has 1 aliphatic carbocycles. The van der Waals surface area contributed by atoms with Crippen molar-refractivity contribution < 1.29 is 14.0 Å². The molecule has 0 spiro atoms. The molecule has 4 fully saturated rings. The standard InChI is InChI=1S/C30H38N3O2S/c34-30(25-10-4-1-5-11-25,26-12-6-2-7-13-26)29-32-31-28(35-29)21-33-18-16-23(17-19-33)24(20-33)22-36-27-14-8-3-9-15-27/h1,3-5,8-11,14-15,23-24,26,34H,2,6-7,12-13,16-22H2/q+1/t23?,24-,30-,33?/m0/s1. The Kier molecular flexibility index (Phi) is 6.93. The predicted octanol–water partition coefficient (Wildman–Crippen LogP) is 6.03. The quantitative estimate of drug-likeness (QED) is 0.300. The summed E-state index contributed by atoms with van der Waals surface area (Å²) in [5.74, 6) is 3.93. The van der Waals surface area contributed by atoms with Gasteiger partial charge in [-0.1, -0.05) is 67.8 Å². The van der Waals surface area contributed by atoms with E-state index in [4.69, 9.17) is 4.42 Å². The van der Waals surface area contributed by atoms with Crippen molar-refractivity contribution in [1.82, 2.24) is 10.2 Å². The molecule has 3 aliphatic heterocycles. The van der Waals surface area contributed by atoms with E-state index in [2.05, 4.69) is 40.5 Å². The highest BCUT2D eigenvalue weighted by Gasteiger charge is 2.48. The molecule has 0 radical (unpaired) electrons. The highest BCUT2D eigenvalue weighted by atomic mass is 32.2. The van der Waals surface area contributed by atoms with Crippen LogP contribution in [0.2, 0.25) is 0 Å². The van der Waals surface area contributed by atoms with Gasteiger partial charge in [-0.2, -0.15) is 0 Å². The zero-order valence-corrected chi connectivity index (χ0v) is 21.9. The lowest BCUT2D eigenvalue weighted by atomic mass is 9.73. The van der Waals surface area contributed by atoms with Crippen molar-refractivity contribution in [2.75, 3.05) is 25.4 Å². The molecule has 7 rings (SSSR count). The molecule has 4 aliphatic rings. The van der Waals surface area contributed by atoms with Crippen LogP contribution >= 0.6 is 11.8 Å².